The molecule has 1 aliphatic rings. The maximum atomic E-state index is 12.5. The van der Waals surface area contributed by atoms with Gasteiger partial charge in [0.1, 0.15) is 0 Å². The molecule has 1 fully saturated rings. The van der Waals surface area contributed by atoms with Crippen molar-refractivity contribution in [3.63, 3.8) is 0 Å². The molecule has 0 spiro atoms. The van der Waals surface area contributed by atoms with E-state index < -0.39 is 10.0 Å². The highest BCUT2D eigenvalue weighted by Gasteiger charge is 2.30. The van der Waals surface area contributed by atoms with Gasteiger partial charge in [0.2, 0.25) is 10.0 Å². The highest BCUT2D eigenvalue weighted by molar-refractivity contribution is 7.89. The first-order valence-electron chi connectivity index (χ1n) is 6.43. The molecule has 0 saturated carbocycles. The van der Waals surface area contributed by atoms with E-state index in [1.165, 1.54) is 10.4 Å². The van der Waals surface area contributed by atoms with E-state index in [4.69, 9.17) is 5.73 Å². The lowest BCUT2D eigenvalue weighted by Gasteiger charge is -2.34. The predicted octanol–water partition coefficient (Wildman–Crippen LogP) is 0.983. The zero-order valence-corrected chi connectivity index (χ0v) is 12.2. The number of benzene rings is 1. The fourth-order valence-electron chi connectivity index (χ4n) is 2.40. The summed E-state index contributed by atoms with van der Waals surface area (Å²) in [5, 5.41) is 0. The molecule has 0 bridgehead atoms. The Balaban J connectivity index is 2.20. The van der Waals surface area contributed by atoms with Crippen molar-refractivity contribution in [2.24, 2.45) is 0 Å². The van der Waals surface area contributed by atoms with Crippen LogP contribution in [0.1, 0.15) is 12.8 Å². The van der Waals surface area contributed by atoms with E-state index in [2.05, 4.69) is 11.9 Å². The zero-order valence-electron chi connectivity index (χ0n) is 11.4. The number of rotatable bonds is 3. The minimum atomic E-state index is -3.44. The summed E-state index contributed by atoms with van der Waals surface area (Å²) >= 11 is 0. The Bertz CT molecular complexity index is 537. The first kappa shape index (κ1) is 14.3. The van der Waals surface area contributed by atoms with Crippen LogP contribution in [0.3, 0.4) is 0 Å². The Kier molecular flexibility index (Phi) is 4.13. The van der Waals surface area contributed by atoms with Gasteiger partial charge in [0, 0.05) is 18.8 Å². The van der Waals surface area contributed by atoms with Crippen LogP contribution in [0.2, 0.25) is 0 Å². The lowest BCUT2D eigenvalue weighted by atomic mass is 10.1. The maximum Gasteiger partial charge on any atom is 0.243 e. The normalized spacial score (nSPS) is 18.9. The average molecular weight is 283 g/mol. The SMILES string of the molecule is CN1CCC(N(C)S(=O)(=O)c2cccc(N)c2)CC1. The second-order valence-corrected chi connectivity index (χ2v) is 7.13. The van der Waals surface area contributed by atoms with Crippen molar-refractivity contribution in [2.75, 3.05) is 32.9 Å². The van der Waals surface area contributed by atoms with Crippen molar-refractivity contribution in [3.8, 4) is 0 Å². The molecule has 0 unspecified atom stereocenters. The van der Waals surface area contributed by atoms with Gasteiger partial charge in [-0.05, 0) is 51.2 Å². The largest absolute Gasteiger partial charge is 0.399 e. The smallest absolute Gasteiger partial charge is 0.243 e. The van der Waals surface area contributed by atoms with E-state index in [1.54, 1.807) is 25.2 Å². The van der Waals surface area contributed by atoms with Gasteiger partial charge in [0.05, 0.1) is 4.90 Å². The molecule has 0 aliphatic carbocycles. The summed E-state index contributed by atoms with van der Waals surface area (Å²) in [5.41, 5.74) is 6.13. The topological polar surface area (TPSA) is 66.6 Å². The van der Waals surface area contributed by atoms with Gasteiger partial charge in [-0.3, -0.25) is 0 Å². The van der Waals surface area contributed by atoms with Gasteiger partial charge in [0.15, 0.2) is 0 Å². The first-order valence-corrected chi connectivity index (χ1v) is 7.87. The highest BCUT2D eigenvalue weighted by atomic mass is 32.2. The zero-order chi connectivity index (χ0) is 14.0. The molecule has 19 heavy (non-hydrogen) atoms. The lowest BCUT2D eigenvalue weighted by molar-refractivity contribution is 0.197. The fourth-order valence-corrected chi connectivity index (χ4v) is 3.87. The Morgan fingerprint density at radius 3 is 2.53 bits per heavy atom. The van der Waals surface area contributed by atoms with Crippen molar-refractivity contribution in [3.05, 3.63) is 24.3 Å². The Labute approximate surface area is 115 Å². The van der Waals surface area contributed by atoms with E-state index in [1.807, 2.05) is 0 Å². The van der Waals surface area contributed by atoms with E-state index in [-0.39, 0.29) is 10.9 Å². The quantitative estimate of drug-likeness (QED) is 0.840. The molecule has 5 nitrogen and oxygen atoms in total. The number of likely N-dealkylation sites (tertiary alicyclic amines) is 1. The standard InChI is InChI=1S/C13H21N3O2S/c1-15-8-6-12(7-9-15)16(2)19(17,18)13-5-3-4-11(14)10-13/h3-5,10,12H,6-9,14H2,1-2H3. The number of anilines is 1. The Morgan fingerprint density at radius 1 is 1.32 bits per heavy atom. The second-order valence-electron chi connectivity index (χ2n) is 5.13. The fraction of sp³-hybridized carbons (Fsp3) is 0.538. The third-order valence-corrected chi connectivity index (χ3v) is 5.64. The van der Waals surface area contributed by atoms with E-state index in [9.17, 15) is 8.42 Å². The van der Waals surface area contributed by atoms with Crippen LogP contribution >= 0.6 is 0 Å². The Morgan fingerprint density at radius 2 is 1.95 bits per heavy atom. The minimum absolute atomic E-state index is 0.0719. The van der Waals surface area contributed by atoms with E-state index in [0.717, 1.165) is 25.9 Å². The number of hydrogen-bond acceptors (Lipinski definition) is 4. The van der Waals surface area contributed by atoms with Gasteiger partial charge in [-0.2, -0.15) is 4.31 Å². The lowest BCUT2D eigenvalue weighted by Crippen LogP contribution is -2.44. The number of sulfonamides is 1. The third-order valence-electron chi connectivity index (χ3n) is 3.74. The second kappa shape index (κ2) is 5.48. The van der Waals surface area contributed by atoms with Crippen LogP contribution in [-0.4, -0.2) is 50.8 Å². The number of hydrogen-bond donors (Lipinski definition) is 1. The van der Waals surface area contributed by atoms with E-state index in [0.29, 0.717) is 5.69 Å². The Hall–Kier alpha value is -1.11. The molecule has 1 aliphatic heterocycles. The van der Waals surface area contributed by atoms with Crippen molar-refractivity contribution in [2.45, 2.75) is 23.8 Å². The average Bonchev–Trinajstić information content (AvgIpc) is 2.39. The van der Waals surface area contributed by atoms with Crippen LogP contribution in [0.15, 0.2) is 29.2 Å². The van der Waals surface area contributed by atoms with Crippen LogP contribution in [-0.2, 0) is 10.0 Å². The van der Waals surface area contributed by atoms with Gasteiger partial charge in [-0.1, -0.05) is 6.07 Å². The molecule has 1 aromatic rings. The van der Waals surface area contributed by atoms with Gasteiger partial charge >= 0.3 is 0 Å². The summed E-state index contributed by atoms with van der Waals surface area (Å²) in [5.74, 6) is 0. The monoisotopic (exact) mass is 283 g/mol. The van der Waals surface area contributed by atoms with Crippen LogP contribution in [0.4, 0.5) is 5.69 Å². The molecule has 6 heteroatoms. The molecule has 0 amide bonds. The third kappa shape index (κ3) is 3.08. The van der Waals surface area contributed by atoms with Crippen LogP contribution in [0.5, 0.6) is 0 Å². The van der Waals surface area contributed by atoms with Gasteiger partial charge in [-0.25, -0.2) is 8.42 Å². The van der Waals surface area contributed by atoms with Gasteiger partial charge in [-0.15, -0.1) is 0 Å². The van der Waals surface area contributed by atoms with Crippen LogP contribution in [0, 0.1) is 0 Å². The number of nitrogen functional groups attached to an aromatic ring is 1. The van der Waals surface area contributed by atoms with E-state index >= 15 is 0 Å². The van der Waals surface area contributed by atoms with Gasteiger partial charge in [0.25, 0.3) is 0 Å². The van der Waals surface area contributed by atoms with Crippen molar-refractivity contribution >= 4 is 15.7 Å². The first-order chi connectivity index (χ1) is 8.91. The van der Waals surface area contributed by atoms with Gasteiger partial charge < -0.3 is 10.6 Å². The molecule has 2 rings (SSSR count). The van der Waals surface area contributed by atoms with Crippen molar-refractivity contribution in [1.29, 1.82) is 0 Å². The number of nitrogens with two attached hydrogens (primary N) is 1. The molecule has 0 atom stereocenters. The van der Waals surface area contributed by atoms with Crippen LogP contribution < -0.4 is 5.73 Å². The molecule has 1 heterocycles. The highest BCUT2D eigenvalue weighted by Crippen LogP contribution is 2.23. The maximum absolute atomic E-state index is 12.5. The molecule has 0 radical (unpaired) electrons. The summed E-state index contributed by atoms with van der Waals surface area (Å²) in [6.45, 7) is 1.86. The predicted molar refractivity (Wildman–Crippen MR) is 76.3 cm³/mol. The molecule has 1 saturated heterocycles. The molecule has 2 N–H and O–H groups in total. The van der Waals surface area contributed by atoms with Crippen LogP contribution in [0.25, 0.3) is 0 Å². The summed E-state index contributed by atoms with van der Waals surface area (Å²) < 4.78 is 26.5. The molecule has 0 aromatic heterocycles. The number of piperidine rings is 1. The summed E-state index contributed by atoms with van der Waals surface area (Å²) in [6, 6.07) is 6.54. The summed E-state index contributed by atoms with van der Waals surface area (Å²) in [6.07, 6.45) is 1.74. The minimum Gasteiger partial charge on any atom is -0.399 e. The summed E-state index contributed by atoms with van der Waals surface area (Å²) in [4.78, 5) is 2.49. The number of nitrogens with zero attached hydrogens (tertiary/aromatic N) is 2. The van der Waals surface area contributed by atoms with Crippen molar-refractivity contribution in [1.82, 2.24) is 9.21 Å². The summed E-state index contributed by atoms with van der Waals surface area (Å²) in [7, 11) is 0.276. The van der Waals surface area contributed by atoms with Crippen molar-refractivity contribution < 1.29 is 8.42 Å². The molecule has 106 valence electrons. The molecule has 1 aromatic carbocycles. The molecular formula is C13H21N3O2S. The molecular weight excluding hydrogens is 262 g/mol.